The third-order valence-electron chi connectivity index (χ3n) is 8.12. The van der Waals surface area contributed by atoms with Crippen molar-refractivity contribution in [1.29, 1.82) is 0 Å². The minimum absolute atomic E-state index is 0.0942. The lowest BCUT2D eigenvalue weighted by Crippen LogP contribution is -2.87. The molecule has 43 heavy (non-hydrogen) atoms. The standard InChI is InChI=1S/C31H42N2O10/c1-15(2)13-21-9-11-22(12-10-21)14-23-24(16(3)4)32-33-27(23)43-28-30(40,19(7)36)31(41,20(8)37)29(39,18(6)35)26(42-28)25(38)17(5)34/h9-12,15-16,25-26,28,38-41H,13-14H2,1-8H3,(H,32,33)/t25?,26-,28+,29-,30+,31+/m1/s1. The Labute approximate surface area is 250 Å². The molecule has 12 heteroatoms. The molecule has 12 nitrogen and oxygen atoms in total. The minimum atomic E-state index is -3.61. The summed E-state index contributed by atoms with van der Waals surface area (Å²) in [6, 6.07) is 7.91. The number of nitrogens with zero attached hydrogens (tertiary/aromatic N) is 1. The van der Waals surface area contributed by atoms with Gasteiger partial charge in [-0.15, -0.1) is 5.10 Å². The van der Waals surface area contributed by atoms with E-state index < -0.39 is 58.4 Å². The monoisotopic (exact) mass is 602 g/mol. The highest BCUT2D eigenvalue weighted by molar-refractivity contribution is 6.05. The molecular weight excluding hydrogens is 560 g/mol. The summed E-state index contributed by atoms with van der Waals surface area (Å²) in [6.07, 6.45) is -5.72. The average Bonchev–Trinajstić information content (AvgIpc) is 3.30. The molecule has 0 amide bonds. The fourth-order valence-electron chi connectivity index (χ4n) is 5.72. The predicted molar refractivity (Wildman–Crippen MR) is 153 cm³/mol. The number of rotatable bonds is 12. The van der Waals surface area contributed by atoms with Crippen LogP contribution in [0.2, 0.25) is 0 Å². The molecule has 5 N–H and O–H groups in total. The molecule has 0 bridgehead atoms. The summed E-state index contributed by atoms with van der Waals surface area (Å²) in [5.41, 5.74) is -7.24. The van der Waals surface area contributed by atoms with E-state index in [-0.39, 0.29) is 18.2 Å². The molecule has 1 aliphatic heterocycles. The van der Waals surface area contributed by atoms with Crippen molar-refractivity contribution in [3.8, 4) is 5.88 Å². The second-order valence-electron chi connectivity index (χ2n) is 12.1. The molecule has 1 aliphatic rings. The van der Waals surface area contributed by atoms with E-state index in [0.29, 0.717) is 17.2 Å². The van der Waals surface area contributed by atoms with Crippen LogP contribution in [-0.4, -0.2) is 89.1 Å². The molecule has 1 aromatic carbocycles. The lowest BCUT2D eigenvalue weighted by Gasteiger charge is -2.57. The van der Waals surface area contributed by atoms with Crippen LogP contribution in [-0.2, 0) is 36.8 Å². The predicted octanol–water partition coefficient (Wildman–Crippen LogP) is 1.34. The van der Waals surface area contributed by atoms with E-state index in [1.807, 2.05) is 38.1 Å². The van der Waals surface area contributed by atoms with Gasteiger partial charge in [0.15, 0.2) is 28.7 Å². The zero-order valence-electron chi connectivity index (χ0n) is 25.8. The van der Waals surface area contributed by atoms with Crippen LogP contribution in [0.3, 0.4) is 0 Å². The smallest absolute Gasteiger partial charge is 0.242 e. The van der Waals surface area contributed by atoms with Gasteiger partial charge in [-0.05, 0) is 57.1 Å². The fraction of sp³-hybridized carbons (Fsp3) is 0.581. The van der Waals surface area contributed by atoms with Gasteiger partial charge in [0.25, 0.3) is 0 Å². The van der Waals surface area contributed by atoms with Crippen molar-refractivity contribution in [2.24, 2.45) is 5.92 Å². The van der Waals surface area contributed by atoms with Gasteiger partial charge in [0.1, 0.15) is 12.2 Å². The molecule has 1 unspecified atom stereocenters. The van der Waals surface area contributed by atoms with Crippen molar-refractivity contribution in [3.63, 3.8) is 0 Å². The number of H-pyrrole nitrogens is 1. The van der Waals surface area contributed by atoms with Crippen LogP contribution in [0.15, 0.2) is 24.3 Å². The molecule has 6 atom stereocenters. The zero-order chi connectivity index (χ0) is 32.7. The number of aliphatic hydroxyl groups excluding tert-OH is 1. The van der Waals surface area contributed by atoms with E-state index in [1.165, 1.54) is 0 Å². The van der Waals surface area contributed by atoms with Crippen LogP contribution in [0.25, 0.3) is 0 Å². The van der Waals surface area contributed by atoms with Crippen LogP contribution < -0.4 is 4.74 Å². The Hall–Kier alpha value is -3.29. The molecule has 0 spiro atoms. The Morgan fingerprint density at radius 1 is 0.907 bits per heavy atom. The second-order valence-corrected chi connectivity index (χ2v) is 12.1. The molecule has 0 saturated carbocycles. The summed E-state index contributed by atoms with van der Waals surface area (Å²) < 4.78 is 11.6. The van der Waals surface area contributed by atoms with E-state index >= 15 is 0 Å². The maximum atomic E-state index is 13.1. The first-order valence-corrected chi connectivity index (χ1v) is 14.2. The lowest BCUT2D eigenvalue weighted by molar-refractivity contribution is -0.358. The first-order valence-electron chi connectivity index (χ1n) is 14.2. The number of hydrogen-bond donors (Lipinski definition) is 5. The molecule has 1 fully saturated rings. The van der Waals surface area contributed by atoms with Crippen LogP contribution in [0.5, 0.6) is 5.88 Å². The number of hydrogen-bond acceptors (Lipinski definition) is 11. The van der Waals surface area contributed by atoms with Gasteiger partial charge in [0.2, 0.25) is 23.4 Å². The van der Waals surface area contributed by atoms with Crippen LogP contribution in [0.1, 0.15) is 83.7 Å². The number of ketones is 4. The number of ether oxygens (including phenoxy) is 2. The van der Waals surface area contributed by atoms with Crippen molar-refractivity contribution in [1.82, 2.24) is 10.2 Å². The molecular formula is C31H42N2O10. The van der Waals surface area contributed by atoms with E-state index in [4.69, 9.17) is 9.47 Å². The van der Waals surface area contributed by atoms with Crippen LogP contribution in [0.4, 0.5) is 0 Å². The number of aliphatic hydroxyl groups is 4. The normalized spacial score (nSPS) is 28.1. The summed E-state index contributed by atoms with van der Waals surface area (Å²) in [7, 11) is 0. The topological polar surface area (TPSA) is 196 Å². The Balaban J connectivity index is 2.18. The molecule has 1 aromatic heterocycles. The maximum absolute atomic E-state index is 13.1. The highest BCUT2D eigenvalue weighted by atomic mass is 16.7. The highest BCUT2D eigenvalue weighted by Crippen LogP contribution is 2.48. The fourth-order valence-corrected chi connectivity index (χ4v) is 5.72. The minimum Gasteiger partial charge on any atom is -0.443 e. The molecule has 2 aromatic rings. The number of carbonyl (C=O) groups is 4. The van der Waals surface area contributed by atoms with Gasteiger partial charge in [-0.25, -0.2) is 0 Å². The Bertz CT molecular complexity index is 1380. The average molecular weight is 603 g/mol. The van der Waals surface area contributed by atoms with Crippen LogP contribution >= 0.6 is 0 Å². The summed E-state index contributed by atoms with van der Waals surface area (Å²) in [4.78, 5) is 51.1. The van der Waals surface area contributed by atoms with E-state index in [9.17, 15) is 39.6 Å². The first-order chi connectivity index (χ1) is 19.8. The number of aromatic amines is 1. The van der Waals surface area contributed by atoms with Gasteiger partial charge >= 0.3 is 0 Å². The summed E-state index contributed by atoms with van der Waals surface area (Å²) in [5.74, 6) is -4.84. The quantitative estimate of drug-likeness (QED) is 0.235. The first kappa shape index (κ1) is 34.2. The maximum Gasteiger partial charge on any atom is 0.242 e. The molecule has 3 rings (SSSR count). The third-order valence-corrected chi connectivity index (χ3v) is 8.12. The van der Waals surface area contributed by atoms with E-state index in [0.717, 1.165) is 45.2 Å². The molecule has 1 saturated heterocycles. The van der Waals surface area contributed by atoms with Crippen molar-refractivity contribution in [2.45, 2.75) is 109 Å². The highest BCUT2D eigenvalue weighted by Gasteiger charge is 2.80. The SMILES string of the molecule is CC(=O)C(O)[C@H]1O[C@@H](Oc2n[nH]c(C(C)C)c2Cc2ccc(CC(C)C)cc2)[C@@](O)(C(C)=O)[C@](O)(C(C)=O)[C@@]1(O)C(C)=O. The van der Waals surface area contributed by atoms with Crippen LogP contribution in [0, 0.1) is 5.92 Å². The molecule has 236 valence electrons. The molecule has 0 radical (unpaired) electrons. The van der Waals surface area contributed by atoms with E-state index in [1.54, 1.807) is 0 Å². The Morgan fingerprint density at radius 2 is 1.44 bits per heavy atom. The van der Waals surface area contributed by atoms with E-state index in [2.05, 4.69) is 24.0 Å². The number of benzene rings is 1. The van der Waals surface area contributed by atoms with Gasteiger partial charge in [-0.3, -0.25) is 24.3 Å². The Morgan fingerprint density at radius 3 is 1.88 bits per heavy atom. The van der Waals surface area contributed by atoms with Gasteiger partial charge in [0, 0.05) is 17.7 Å². The molecule has 0 aliphatic carbocycles. The van der Waals surface area contributed by atoms with Gasteiger partial charge < -0.3 is 29.9 Å². The lowest BCUT2D eigenvalue weighted by atomic mass is 9.60. The van der Waals surface area contributed by atoms with Crippen molar-refractivity contribution in [3.05, 3.63) is 46.6 Å². The van der Waals surface area contributed by atoms with Gasteiger partial charge in [-0.2, -0.15) is 0 Å². The Kier molecular flexibility index (Phi) is 9.84. The summed E-state index contributed by atoms with van der Waals surface area (Å²) in [6.45, 7) is 11.3. The number of Topliss-reactive ketones (excluding diaryl/α,β-unsaturated/α-hetero) is 4. The van der Waals surface area contributed by atoms with Crippen molar-refractivity contribution in [2.75, 3.05) is 0 Å². The number of aromatic nitrogens is 2. The number of nitrogens with one attached hydrogen (secondary N) is 1. The van der Waals surface area contributed by atoms with Crippen molar-refractivity contribution >= 4 is 23.1 Å². The largest absolute Gasteiger partial charge is 0.443 e. The third kappa shape index (κ3) is 5.69. The number of carbonyl (C=O) groups excluding carboxylic acids is 4. The molecule has 2 heterocycles. The van der Waals surface area contributed by atoms with Gasteiger partial charge in [-0.1, -0.05) is 52.0 Å². The second kappa shape index (κ2) is 12.4. The summed E-state index contributed by atoms with van der Waals surface area (Å²) >= 11 is 0. The summed E-state index contributed by atoms with van der Waals surface area (Å²) in [5, 5.41) is 52.9. The van der Waals surface area contributed by atoms with Gasteiger partial charge in [0.05, 0.1) is 0 Å². The van der Waals surface area contributed by atoms with Crippen molar-refractivity contribution < 1.29 is 49.1 Å². The zero-order valence-corrected chi connectivity index (χ0v) is 25.8.